The fourth-order valence-electron chi connectivity index (χ4n) is 3.23. The molecule has 0 aliphatic rings. The van der Waals surface area contributed by atoms with E-state index >= 15 is 0 Å². The van der Waals surface area contributed by atoms with E-state index in [1.165, 1.54) is 5.56 Å². The van der Waals surface area contributed by atoms with Gasteiger partial charge in [-0.25, -0.2) is 0 Å². The van der Waals surface area contributed by atoms with Crippen molar-refractivity contribution < 1.29 is 4.79 Å². The lowest BCUT2D eigenvalue weighted by molar-refractivity contribution is -0.124. The van der Waals surface area contributed by atoms with Crippen LogP contribution >= 0.6 is 0 Å². The van der Waals surface area contributed by atoms with E-state index in [-0.39, 0.29) is 23.3 Å². The Balaban J connectivity index is 2.79. The minimum absolute atomic E-state index is 0.0602. The quantitative estimate of drug-likeness (QED) is 0.770. The van der Waals surface area contributed by atoms with E-state index in [2.05, 4.69) is 78.0 Å². The molecule has 0 bridgehead atoms. The van der Waals surface area contributed by atoms with Crippen molar-refractivity contribution in [1.29, 1.82) is 0 Å². The smallest absolute Gasteiger partial charge is 0.227 e. The monoisotopic (exact) mass is 317 g/mol. The van der Waals surface area contributed by atoms with E-state index < -0.39 is 0 Å². The molecule has 23 heavy (non-hydrogen) atoms. The Morgan fingerprint density at radius 1 is 1.00 bits per heavy atom. The summed E-state index contributed by atoms with van der Waals surface area (Å²) in [6.07, 6.45) is 1.08. The number of carbonyl (C=O) groups is 1. The van der Waals surface area contributed by atoms with Gasteiger partial charge in [-0.1, -0.05) is 72.7 Å². The second-order valence-corrected chi connectivity index (χ2v) is 8.66. The summed E-state index contributed by atoms with van der Waals surface area (Å²) in [7, 11) is 0. The molecule has 1 aromatic rings. The molecule has 1 rings (SSSR count). The van der Waals surface area contributed by atoms with E-state index in [1.54, 1.807) is 0 Å². The van der Waals surface area contributed by atoms with E-state index in [0.717, 1.165) is 12.0 Å². The lowest BCUT2D eigenvalue weighted by atomic mass is 9.80. The topological polar surface area (TPSA) is 29.1 Å². The van der Waals surface area contributed by atoms with Crippen LogP contribution in [-0.4, -0.2) is 11.9 Å². The van der Waals surface area contributed by atoms with E-state index in [1.807, 2.05) is 6.92 Å². The highest BCUT2D eigenvalue weighted by Crippen LogP contribution is 2.26. The molecular weight excluding hydrogens is 282 g/mol. The minimum atomic E-state index is -0.119. The van der Waals surface area contributed by atoms with Crippen molar-refractivity contribution in [2.75, 3.05) is 0 Å². The van der Waals surface area contributed by atoms with E-state index in [0.29, 0.717) is 11.8 Å². The molecule has 0 aliphatic carbocycles. The van der Waals surface area contributed by atoms with Crippen molar-refractivity contribution in [3.63, 3.8) is 0 Å². The molecule has 0 aliphatic heterocycles. The van der Waals surface area contributed by atoms with Crippen LogP contribution in [0, 0.1) is 17.3 Å². The predicted molar refractivity (Wildman–Crippen MR) is 99.6 cm³/mol. The first-order valence-electron chi connectivity index (χ1n) is 8.91. The van der Waals surface area contributed by atoms with Crippen LogP contribution in [0.25, 0.3) is 0 Å². The molecule has 1 amide bonds. The van der Waals surface area contributed by atoms with Gasteiger partial charge in [0.1, 0.15) is 0 Å². The Kier molecular flexibility index (Phi) is 6.85. The molecule has 2 nitrogen and oxygen atoms in total. The SMILES string of the molecule is CC(C)Cc1ccc(C(C)C(=O)NC(C(C)C)C(C)(C)C)cc1. The molecule has 0 saturated carbocycles. The van der Waals surface area contributed by atoms with Gasteiger partial charge in [0.15, 0.2) is 0 Å². The summed E-state index contributed by atoms with van der Waals surface area (Å²) in [6, 6.07) is 8.69. The molecule has 0 fully saturated rings. The first-order valence-corrected chi connectivity index (χ1v) is 8.91. The van der Waals surface area contributed by atoms with Gasteiger partial charge in [0.05, 0.1) is 5.92 Å². The summed E-state index contributed by atoms with van der Waals surface area (Å²) in [5, 5.41) is 3.26. The molecule has 0 heterocycles. The summed E-state index contributed by atoms with van der Waals surface area (Å²) in [5.74, 6) is 1.07. The summed E-state index contributed by atoms with van der Waals surface area (Å²) in [5.41, 5.74) is 2.49. The molecule has 2 unspecified atom stereocenters. The van der Waals surface area contributed by atoms with Crippen molar-refractivity contribution in [2.24, 2.45) is 17.3 Å². The number of rotatable bonds is 6. The van der Waals surface area contributed by atoms with E-state index in [9.17, 15) is 4.79 Å². The van der Waals surface area contributed by atoms with Crippen molar-refractivity contribution in [3.8, 4) is 0 Å². The lowest BCUT2D eigenvalue weighted by Gasteiger charge is -2.35. The van der Waals surface area contributed by atoms with Gasteiger partial charge < -0.3 is 5.32 Å². The highest BCUT2D eigenvalue weighted by Gasteiger charge is 2.30. The second-order valence-electron chi connectivity index (χ2n) is 8.66. The Morgan fingerprint density at radius 2 is 1.52 bits per heavy atom. The highest BCUT2D eigenvalue weighted by molar-refractivity contribution is 5.83. The highest BCUT2D eigenvalue weighted by atomic mass is 16.1. The zero-order valence-corrected chi connectivity index (χ0v) is 16.2. The zero-order chi connectivity index (χ0) is 17.8. The third-order valence-corrected chi connectivity index (χ3v) is 4.41. The third kappa shape index (κ3) is 6.01. The van der Waals surface area contributed by atoms with E-state index in [4.69, 9.17) is 0 Å². The minimum Gasteiger partial charge on any atom is -0.352 e. The number of hydrogen-bond acceptors (Lipinski definition) is 1. The van der Waals surface area contributed by atoms with Gasteiger partial charge in [-0.2, -0.15) is 0 Å². The normalized spacial score (nSPS) is 14.9. The molecule has 0 radical (unpaired) electrons. The first kappa shape index (κ1) is 19.7. The van der Waals surface area contributed by atoms with Gasteiger partial charge in [0.2, 0.25) is 5.91 Å². The van der Waals surface area contributed by atoms with Gasteiger partial charge in [-0.15, -0.1) is 0 Å². The maximum atomic E-state index is 12.7. The van der Waals surface area contributed by atoms with Gasteiger partial charge in [-0.3, -0.25) is 4.79 Å². The van der Waals surface area contributed by atoms with Gasteiger partial charge in [-0.05, 0) is 41.7 Å². The standard InChI is InChI=1S/C21H35NO/c1-14(2)13-17-9-11-18(12-10-17)16(5)20(23)22-19(15(3)4)21(6,7)8/h9-12,14-16,19H,13H2,1-8H3,(H,22,23). The van der Waals surface area contributed by atoms with Crippen molar-refractivity contribution in [1.82, 2.24) is 5.32 Å². The Bertz CT molecular complexity index is 494. The largest absolute Gasteiger partial charge is 0.352 e. The molecule has 130 valence electrons. The number of nitrogens with one attached hydrogen (secondary N) is 1. The van der Waals surface area contributed by atoms with Crippen LogP contribution in [0.4, 0.5) is 0 Å². The number of benzene rings is 1. The second kappa shape index (κ2) is 7.99. The summed E-state index contributed by atoms with van der Waals surface area (Å²) in [4.78, 5) is 12.7. The lowest BCUT2D eigenvalue weighted by Crippen LogP contribution is -2.48. The average molecular weight is 318 g/mol. The number of amides is 1. The van der Waals surface area contributed by atoms with Gasteiger partial charge >= 0.3 is 0 Å². The molecule has 0 spiro atoms. The van der Waals surface area contributed by atoms with Crippen LogP contribution < -0.4 is 5.32 Å². The van der Waals surface area contributed by atoms with Crippen LogP contribution in [0.3, 0.4) is 0 Å². The van der Waals surface area contributed by atoms with Crippen molar-refractivity contribution in [3.05, 3.63) is 35.4 Å². The molecule has 1 N–H and O–H groups in total. The third-order valence-electron chi connectivity index (χ3n) is 4.41. The molecule has 1 aromatic carbocycles. The molecular formula is C21H35NO. The average Bonchev–Trinajstić information content (AvgIpc) is 2.42. The molecule has 0 aromatic heterocycles. The van der Waals surface area contributed by atoms with Crippen LogP contribution in [0.1, 0.15) is 72.4 Å². The van der Waals surface area contributed by atoms with Crippen LogP contribution in [0.5, 0.6) is 0 Å². The molecule has 2 heteroatoms. The summed E-state index contributed by atoms with van der Waals surface area (Å²) in [6.45, 7) is 17.3. The molecule has 2 atom stereocenters. The van der Waals surface area contributed by atoms with Crippen molar-refractivity contribution in [2.45, 2.75) is 73.8 Å². The van der Waals surface area contributed by atoms with Crippen LogP contribution in [0.15, 0.2) is 24.3 Å². The summed E-state index contributed by atoms with van der Waals surface area (Å²) >= 11 is 0. The first-order chi connectivity index (χ1) is 10.5. The van der Waals surface area contributed by atoms with Crippen LogP contribution in [0.2, 0.25) is 0 Å². The number of hydrogen-bond donors (Lipinski definition) is 1. The number of carbonyl (C=O) groups excluding carboxylic acids is 1. The molecule has 0 saturated heterocycles. The Labute approximate surface area is 143 Å². The maximum Gasteiger partial charge on any atom is 0.227 e. The van der Waals surface area contributed by atoms with Gasteiger partial charge in [0.25, 0.3) is 0 Å². The van der Waals surface area contributed by atoms with Crippen LogP contribution in [-0.2, 0) is 11.2 Å². The Morgan fingerprint density at radius 3 is 1.91 bits per heavy atom. The van der Waals surface area contributed by atoms with Gasteiger partial charge in [0, 0.05) is 6.04 Å². The predicted octanol–water partition coefficient (Wildman–Crippen LogP) is 5.18. The fraction of sp³-hybridized carbons (Fsp3) is 0.667. The zero-order valence-electron chi connectivity index (χ0n) is 16.2. The Hall–Kier alpha value is -1.31. The fourth-order valence-corrected chi connectivity index (χ4v) is 3.23. The van der Waals surface area contributed by atoms with Crippen molar-refractivity contribution >= 4 is 5.91 Å². The summed E-state index contributed by atoms with van der Waals surface area (Å²) < 4.78 is 0. The maximum absolute atomic E-state index is 12.7.